The molecule has 0 aromatic rings. The van der Waals surface area contributed by atoms with Crippen LogP contribution >= 0.6 is 0 Å². The average Bonchev–Trinajstić information content (AvgIpc) is 2.76. The number of ether oxygens (including phenoxy) is 1. The Labute approximate surface area is 94.3 Å². The molecule has 1 fully saturated rings. The molecule has 1 saturated heterocycles. The maximum absolute atomic E-state index is 11.6. The van der Waals surface area contributed by atoms with E-state index >= 15 is 0 Å². The van der Waals surface area contributed by atoms with Crippen LogP contribution in [0.3, 0.4) is 0 Å². The number of amides is 1. The number of carboxylic acids is 1. The maximum atomic E-state index is 11.6. The number of rotatable bonds is 6. The van der Waals surface area contributed by atoms with Crippen molar-refractivity contribution in [2.24, 2.45) is 0 Å². The van der Waals surface area contributed by atoms with Gasteiger partial charge in [0.2, 0.25) is 5.91 Å². The van der Waals surface area contributed by atoms with Crippen LogP contribution in [0.5, 0.6) is 0 Å². The normalized spacial score (nSPS) is 21.7. The van der Waals surface area contributed by atoms with Gasteiger partial charge in [-0.15, -0.1) is 0 Å². The van der Waals surface area contributed by atoms with Crippen molar-refractivity contribution in [1.82, 2.24) is 10.6 Å². The molecule has 0 saturated carbocycles. The van der Waals surface area contributed by atoms with Crippen LogP contribution in [0.4, 0.5) is 0 Å². The van der Waals surface area contributed by atoms with Crippen molar-refractivity contribution in [2.45, 2.75) is 31.3 Å². The molecule has 1 amide bonds. The van der Waals surface area contributed by atoms with Crippen molar-refractivity contribution >= 4 is 11.9 Å². The van der Waals surface area contributed by atoms with Crippen LogP contribution < -0.4 is 10.6 Å². The zero-order valence-electron chi connectivity index (χ0n) is 9.36. The predicted octanol–water partition coefficient (Wildman–Crippen LogP) is -0.656. The zero-order valence-corrected chi connectivity index (χ0v) is 9.36. The number of hydrogen-bond donors (Lipinski definition) is 3. The number of carbonyl (C=O) groups excluding carboxylic acids is 1. The molecular formula is C10H18N2O4. The fourth-order valence-electron chi connectivity index (χ4n) is 1.67. The molecule has 2 atom stereocenters. The molecule has 3 N–H and O–H groups in total. The van der Waals surface area contributed by atoms with E-state index in [0.29, 0.717) is 6.61 Å². The molecule has 0 bridgehead atoms. The van der Waals surface area contributed by atoms with Crippen LogP contribution in [0.25, 0.3) is 0 Å². The average molecular weight is 230 g/mol. The van der Waals surface area contributed by atoms with E-state index in [1.165, 1.54) is 7.11 Å². The fourth-order valence-corrected chi connectivity index (χ4v) is 1.67. The van der Waals surface area contributed by atoms with Gasteiger partial charge in [0.1, 0.15) is 6.04 Å². The van der Waals surface area contributed by atoms with Gasteiger partial charge < -0.3 is 20.5 Å². The second-order valence-corrected chi connectivity index (χ2v) is 3.83. The zero-order chi connectivity index (χ0) is 12.0. The van der Waals surface area contributed by atoms with E-state index in [9.17, 15) is 9.59 Å². The summed E-state index contributed by atoms with van der Waals surface area (Å²) in [6, 6.07) is -1.11. The largest absolute Gasteiger partial charge is 0.480 e. The third-order valence-electron chi connectivity index (χ3n) is 2.60. The van der Waals surface area contributed by atoms with E-state index < -0.39 is 12.0 Å². The Balaban J connectivity index is 2.40. The van der Waals surface area contributed by atoms with Crippen molar-refractivity contribution in [3.05, 3.63) is 0 Å². The van der Waals surface area contributed by atoms with Gasteiger partial charge in [-0.05, 0) is 19.4 Å². The third-order valence-corrected chi connectivity index (χ3v) is 2.60. The molecule has 6 heteroatoms. The molecule has 16 heavy (non-hydrogen) atoms. The molecule has 0 spiro atoms. The Hall–Kier alpha value is -1.14. The van der Waals surface area contributed by atoms with E-state index in [2.05, 4.69) is 10.6 Å². The van der Waals surface area contributed by atoms with Gasteiger partial charge in [0, 0.05) is 20.1 Å². The van der Waals surface area contributed by atoms with Gasteiger partial charge in [-0.25, -0.2) is 4.79 Å². The molecule has 92 valence electrons. The topological polar surface area (TPSA) is 87.7 Å². The number of aliphatic carboxylic acids is 1. The smallest absolute Gasteiger partial charge is 0.326 e. The second-order valence-electron chi connectivity index (χ2n) is 3.83. The summed E-state index contributed by atoms with van der Waals surface area (Å²) < 4.78 is 4.80. The van der Waals surface area contributed by atoms with Gasteiger partial charge >= 0.3 is 5.97 Å². The van der Waals surface area contributed by atoms with Crippen molar-refractivity contribution in [3.8, 4) is 0 Å². The number of hydrogen-bond acceptors (Lipinski definition) is 4. The standard InChI is InChI=1S/C10H18N2O4/c1-16-6-4-8(10(14)15)12-9(13)7-3-2-5-11-7/h7-8,11H,2-6H2,1H3,(H,12,13)(H,14,15)/t7-,8?/m0/s1. The van der Waals surface area contributed by atoms with Gasteiger partial charge in [0.25, 0.3) is 0 Å². The Kier molecular flexibility index (Phi) is 5.21. The lowest BCUT2D eigenvalue weighted by molar-refractivity contribution is -0.142. The van der Waals surface area contributed by atoms with Crippen LogP contribution in [0.1, 0.15) is 19.3 Å². The first-order valence-corrected chi connectivity index (χ1v) is 5.40. The lowest BCUT2D eigenvalue weighted by Gasteiger charge is -2.17. The summed E-state index contributed by atoms with van der Waals surface area (Å²) in [6.45, 7) is 1.13. The van der Waals surface area contributed by atoms with Crippen LogP contribution in [0.15, 0.2) is 0 Å². The fraction of sp³-hybridized carbons (Fsp3) is 0.800. The van der Waals surface area contributed by atoms with Crippen molar-refractivity contribution in [2.75, 3.05) is 20.3 Å². The molecule has 1 heterocycles. The molecule has 1 aliphatic rings. The first kappa shape index (κ1) is 12.9. The highest BCUT2D eigenvalue weighted by atomic mass is 16.5. The Bertz CT molecular complexity index is 251. The first-order valence-electron chi connectivity index (χ1n) is 5.40. The van der Waals surface area contributed by atoms with E-state index in [0.717, 1.165) is 19.4 Å². The molecule has 1 unspecified atom stereocenters. The van der Waals surface area contributed by atoms with Crippen LogP contribution in [0, 0.1) is 0 Å². The molecule has 0 aliphatic carbocycles. The van der Waals surface area contributed by atoms with Gasteiger partial charge in [0.15, 0.2) is 0 Å². The summed E-state index contributed by atoms with van der Waals surface area (Å²) in [5.74, 6) is -1.26. The minimum atomic E-state index is -1.02. The van der Waals surface area contributed by atoms with E-state index in [-0.39, 0.29) is 18.4 Å². The van der Waals surface area contributed by atoms with E-state index in [4.69, 9.17) is 9.84 Å². The summed E-state index contributed by atoms with van der Waals surface area (Å²) in [5.41, 5.74) is 0. The lowest BCUT2D eigenvalue weighted by Crippen LogP contribution is -2.48. The summed E-state index contributed by atoms with van der Waals surface area (Å²) in [4.78, 5) is 22.5. The highest BCUT2D eigenvalue weighted by Gasteiger charge is 2.26. The Morgan fingerprint density at radius 3 is 2.88 bits per heavy atom. The highest BCUT2D eigenvalue weighted by molar-refractivity contribution is 5.87. The van der Waals surface area contributed by atoms with E-state index in [1.54, 1.807) is 0 Å². The van der Waals surface area contributed by atoms with E-state index in [1.807, 2.05) is 0 Å². The number of carbonyl (C=O) groups is 2. The summed E-state index contributed by atoms with van der Waals surface area (Å²) in [6.07, 6.45) is 2.00. The molecule has 1 aliphatic heterocycles. The minimum Gasteiger partial charge on any atom is -0.480 e. The maximum Gasteiger partial charge on any atom is 0.326 e. The van der Waals surface area contributed by atoms with Gasteiger partial charge in [-0.3, -0.25) is 4.79 Å². The van der Waals surface area contributed by atoms with Gasteiger partial charge in [-0.2, -0.15) is 0 Å². The SMILES string of the molecule is COCCC(NC(=O)[C@@H]1CCCN1)C(=O)O. The predicted molar refractivity (Wildman–Crippen MR) is 57.1 cm³/mol. The minimum absolute atomic E-state index is 0.235. The molecule has 1 rings (SSSR count). The molecular weight excluding hydrogens is 212 g/mol. The second kappa shape index (κ2) is 6.44. The monoisotopic (exact) mass is 230 g/mol. The molecule has 0 aromatic carbocycles. The van der Waals surface area contributed by atoms with Crippen LogP contribution in [-0.2, 0) is 14.3 Å². The van der Waals surface area contributed by atoms with Gasteiger partial charge in [-0.1, -0.05) is 0 Å². The first-order chi connectivity index (χ1) is 7.65. The number of nitrogens with one attached hydrogen (secondary N) is 2. The molecule has 6 nitrogen and oxygen atoms in total. The van der Waals surface area contributed by atoms with Gasteiger partial charge in [0.05, 0.1) is 6.04 Å². The summed E-state index contributed by atoms with van der Waals surface area (Å²) >= 11 is 0. The molecule has 0 aromatic heterocycles. The van der Waals surface area contributed by atoms with Crippen molar-refractivity contribution < 1.29 is 19.4 Å². The quantitative estimate of drug-likeness (QED) is 0.564. The van der Waals surface area contributed by atoms with Crippen LogP contribution in [-0.4, -0.2) is 49.3 Å². The lowest BCUT2D eigenvalue weighted by atomic mass is 10.1. The Morgan fingerprint density at radius 1 is 1.62 bits per heavy atom. The highest BCUT2D eigenvalue weighted by Crippen LogP contribution is 2.05. The summed E-state index contributed by atoms with van der Waals surface area (Å²) in [5, 5.41) is 14.4. The van der Waals surface area contributed by atoms with Crippen molar-refractivity contribution in [1.29, 1.82) is 0 Å². The number of methoxy groups -OCH3 is 1. The van der Waals surface area contributed by atoms with Crippen LogP contribution in [0.2, 0.25) is 0 Å². The number of carboxylic acid groups (broad SMARTS) is 1. The Morgan fingerprint density at radius 2 is 2.38 bits per heavy atom. The summed E-state index contributed by atoms with van der Waals surface area (Å²) in [7, 11) is 1.50. The third kappa shape index (κ3) is 3.79. The molecule has 0 radical (unpaired) electrons. The van der Waals surface area contributed by atoms with Crippen molar-refractivity contribution in [3.63, 3.8) is 0 Å².